The topological polar surface area (TPSA) is 104 Å². The summed E-state index contributed by atoms with van der Waals surface area (Å²) in [6.45, 7) is 3.77. The van der Waals surface area contributed by atoms with Crippen LogP contribution in [0.3, 0.4) is 0 Å². The van der Waals surface area contributed by atoms with Crippen molar-refractivity contribution in [2.75, 3.05) is 19.0 Å². The summed E-state index contributed by atoms with van der Waals surface area (Å²) >= 11 is 1.45. The highest BCUT2D eigenvalue weighted by molar-refractivity contribution is 7.98. The predicted molar refractivity (Wildman–Crippen MR) is 109 cm³/mol. The molecule has 152 valence electrons. The van der Waals surface area contributed by atoms with Crippen LogP contribution in [0, 0.1) is 13.8 Å². The van der Waals surface area contributed by atoms with E-state index >= 15 is 0 Å². The Bertz CT molecular complexity index is 1010. The molecule has 1 N–H and O–H groups in total. The summed E-state index contributed by atoms with van der Waals surface area (Å²) in [4.78, 5) is 16.7. The molecule has 0 bridgehead atoms. The Morgan fingerprint density at radius 1 is 1.24 bits per heavy atom. The molecule has 0 aliphatic carbocycles. The monoisotopic (exact) mass is 414 g/mol. The first kappa shape index (κ1) is 20.6. The lowest BCUT2D eigenvalue weighted by atomic mass is 10.1. The smallest absolute Gasteiger partial charge is 0.262 e. The van der Waals surface area contributed by atoms with Crippen LogP contribution in [0.5, 0.6) is 11.5 Å². The van der Waals surface area contributed by atoms with E-state index in [9.17, 15) is 4.79 Å². The number of carbonyl (C=O) groups excluding carboxylic acids is 1. The maximum atomic E-state index is 12.3. The second-order valence-corrected chi connectivity index (χ2v) is 7.30. The van der Waals surface area contributed by atoms with Crippen LogP contribution in [0.1, 0.15) is 16.8 Å². The second kappa shape index (κ2) is 9.37. The molecule has 2 heterocycles. The van der Waals surface area contributed by atoms with Crippen LogP contribution in [0.2, 0.25) is 0 Å². The average molecular weight is 414 g/mol. The summed E-state index contributed by atoms with van der Waals surface area (Å²) in [5.41, 5.74) is 3.59. The number of aryl methyl sites for hydroxylation is 3. The van der Waals surface area contributed by atoms with Gasteiger partial charge in [0.2, 0.25) is 5.16 Å². The van der Waals surface area contributed by atoms with Gasteiger partial charge >= 0.3 is 0 Å². The number of benzene rings is 1. The second-order valence-electron chi connectivity index (χ2n) is 6.36. The minimum Gasteiger partial charge on any atom is -0.491 e. The van der Waals surface area contributed by atoms with E-state index in [1.807, 2.05) is 32.0 Å². The van der Waals surface area contributed by atoms with E-state index < -0.39 is 0 Å². The molecule has 0 atom stereocenters. The molecule has 1 aromatic carbocycles. The standard InChI is InChI=1S/C19H22N6O3S/c1-12-5-6-13(2)15(7-12)21-18(26)10-28-16-8-14(20-9-17(16)27-4)11-29-19-22-23-24-25(19)3/h5-9H,10-11H2,1-4H3,(H,21,26). The summed E-state index contributed by atoms with van der Waals surface area (Å²) in [7, 11) is 3.30. The van der Waals surface area contributed by atoms with Crippen LogP contribution in [0.15, 0.2) is 35.6 Å². The van der Waals surface area contributed by atoms with Gasteiger partial charge in [0.25, 0.3) is 5.91 Å². The van der Waals surface area contributed by atoms with Gasteiger partial charge in [-0.15, -0.1) is 5.10 Å². The Balaban J connectivity index is 1.63. The van der Waals surface area contributed by atoms with Crippen molar-refractivity contribution in [3.05, 3.63) is 47.3 Å². The Hall–Kier alpha value is -3.14. The van der Waals surface area contributed by atoms with Crippen molar-refractivity contribution in [2.24, 2.45) is 7.05 Å². The van der Waals surface area contributed by atoms with Crippen LogP contribution in [-0.2, 0) is 17.6 Å². The lowest BCUT2D eigenvalue weighted by Gasteiger charge is -2.13. The largest absolute Gasteiger partial charge is 0.491 e. The van der Waals surface area contributed by atoms with Gasteiger partial charge in [-0.05, 0) is 41.5 Å². The van der Waals surface area contributed by atoms with E-state index in [-0.39, 0.29) is 12.5 Å². The number of amides is 1. The third kappa shape index (κ3) is 5.44. The molecule has 0 aliphatic rings. The highest BCUT2D eigenvalue weighted by Gasteiger charge is 2.12. The van der Waals surface area contributed by atoms with Gasteiger partial charge in [-0.1, -0.05) is 23.9 Å². The lowest BCUT2D eigenvalue weighted by Crippen LogP contribution is -2.21. The molecule has 2 aromatic heterocycles. The number of methoxy groups -OCH3 is 1. The number of rotatable bonds is 8. The number of anilines is 1. The molecule has 0 spiro atoms. The highest BCUT2D eigenvalue weighted by Crippen LogP contribution is 2.29. The zero-order chi connectivity index (χ0) is 20.8. The summed E-state index contributed by atoms with van der Waals surface area (Å²) in [6, 6.07) is 7.64. The van der Waals surface area contributed by atoms with E-state index in [4.69, 9.17) is 9.47 Å². The molecular formula is C19H22N6O3S. The van der Waals surface area contributed by atoms with Crippen molar-refractivity contribution in [1.82, 2.24) is 25.2 Å². The first-order valence-corrected chi connectivity index (χ1v) is 9.83. The first-order chi connectivity index (χ1) is 14.0. The Kier molecular flexibility index (Phi) is 6.65. The van der Waals surface area contributed by atoms with Crippen molar-refractivity contribution in [3.63, 3.8) is 0 Å². The number of nitrogens with zero attached hydrogens (tertiary/aromatic N) is 5. The Morgan fingerprint density at radius 2 is 2.07 bits per heavy atom. The van der Waals surface area contributed by atoms with Gasteiger partial charge < -0.3 is 14.8 Å². The van der Waals surface area contributed by atoms with Crippen molar-refractivity contribution in [3.8, 4) is 11.5 Å². The quantitative estimate of drug-likeness (QED) is 0.561. The molecule has 1 amide bonds. The number of pyridine rings is 1. The summed E-state index contributed by atoms with van der Waals surface area (Å²) < 4.78 is 12.6. The molecule has 3 rings (SSSR count). The van der Waals surface area contributed by atoms with Crippen molar-refractivity contribution >= 4 is 23.4 Å². The summed E-state index contributed by atoms with van der Waals surface area (Å²) in [6.07, 6.45) is 1.57. The molecule has 0 saturated carbocycles. The van der Waals surface area contributed by atoms with Gasteiger partial charge in [0.05, 0.1) is 19.0 Å². The van der Waals surface area contributed by atoms with E-state index in [1.165, 1.54) is 18.9 Å². The number of ether oxygens (including phenoxy) is 2. The number of hydrogen-bond acceptors (Lipinski definition) is 8. The molecule has 29 heavy (non-hydrogen) atoms. The minimum absolute atomic E-state index is 0.145. The fraction of sp³-hybridized carbons (Fsp3) is 0.316. The number of carbonyl (C=O) groups is 1. The zero-order valence-electron chi connectivity index (χ0n) is 16.7. The van der Waals surface area contributed by atoms with E-state index in [0.29, 0.717) is 22.4 Å². The normalized spacial score (nSPS) is 10.6. The number of hydrogen-bond donors (Lipinski definition) is 1. The molecular weight excluding hydrogens is 392 g/mol. The SMILES string of the molecule is COc1cnc(CSc2nnnn2C)cc1OCC(=O)Nc1cc(C)ccc1C. The highest BCUT2D eigenvalue weighted by atomic mass is 32.2. The molecule has 10 heteroatoms. The fourth-order valence-corrected chi connectivity index (χ4v) is 3.24. The van der Waals surface area contributed by atoms with E-state index in [1.54, 1.807) is 24.0 Å². The van der Waals surface area contributed by atoms with E-state index in [0.717, 1.165) is 22.5 Å². The third-order valence-electron chi connectivity index (χ3n) is 4.06. The Morgan fingerprint density at radius 3 is 2.79 bits per heavy atom. The summed E-state index contributed by atoms with van der Waals surface area (Å²) in [5, 5.41) is 14.9. The average Bonchev–Trinajstić information content (AvgIpc) is 3.12. The Labute approximate surface area is 172 Å². The molecule has 0 aliphatic heterocycles. The van der Waals surface area contributed by atoms with Crippen molar-refractivity contribution < 1.29 is 14.3 Å². The maximum absolute atomic E-state index is 12.3. The van der Waals surface area contributed by atoms with Crippen LogP contribution in [0.4, 0.5) is 5.69 Å². The summed E-state index contributed by atoms with van der Waals surface area (Å²) in [5.74, 6) is 1.20. The lowest BCUT2D eigenvalue weighted by molar-refractivity contribution is -0.118. The number of tetrazole rings is 1. The van der Waals surface area contributed by atoms with E-state index in [2.05, 4.69) is 25.8 Å². The van der Waals surface area contributed by atoms with Crippen LogP contribution < -0.4 is 14.8 Å². The van der Waals surface area contributed by atoms with Gasteiger partial charge in [0, 0.05) is 24.6 Å². The number of thioether (sulfide) groups is 1. The van der Waals surface area contributed by atoms with Crippen LogP contribution in [-0.4, -0.2) is 44.8 Å². The van der Waals surface area contributed by atoms with Crippen molar-refractivity contribution in [1.29, 1.82) is 0 Å². The fourth-order valence-electron chi connectivity index (χ4n) is 2.49. The van der Waals surface area contributed by atoms with Gasteiger partial charge in [-0.25, -0.2) is 4.68 Å². The first-order valence-electron chi connectivity index (χ1n) is 8.84. The number of nitrogens with one attached hydrogen (secondary N) is 1. The number of aromatic nitrogens is 5. The maximum Gasteiger partial charge on any atom is 0.262 e. The molecule has 9 nitrogen and oxygen atoms in total. The zero-order valence-corrected chi connectivity index (χ0v) is 17.5. The molecule has 3 aromatic rings. The molecule has 0 saturated heterocycles. The van der Waals surface area contributed by atoms with Crippen LogP contribution in [0.25, 0.3) is 0 Å². The molecule has 0 unspecified atom stereocenters. The van der Waals surface area contributed by atoms with Gasteiger partial charge in [0.1, 0.15) is 0 Å². The van der Waals surface area contributed by atoms with Crippen LogP contribution >= 0.6 is 11.8 Å². The van der Waals surface area contributed by atoms with Gasteiger partial charge in [-0.2, -0.15) is 0 Å². The van der Waals surface area contributed by atoms with Crippen molar-refractivity contribution in [2.45, 2.75) is 24.8 Å². The van der Waals surface area contributed by atoms with Gasteiger partial charge in [0.15, 0.2) is 18.1 Å². The molecule has 0 radical (unpaired) electrons. The minimum atomic E-state index is -0.251. The van der Waals surface area contributed by atoms with Gasteiger partial charge in [-0.3, -0.25) is 9.78 Å². The predicted octanol–water partition coefficient (Wildman–Crippen LogP) is 2.54. The molecule has 0 fully saturated rings. The third-order valence-corrected chi connectivity index (χ3v) is 5.11.